The van der Waals surface area contributed by atoms with Crippen LogP contribution in [0.15, 0.2) is 30.3 Å². The molecule has 0 aromatic heterocycles. The molecule has 5 heteroatoms. The van der Waals surface area contributed by atoms with Crippen LogP contribution in [0.25, 0.3) is 6.08 Å². The van der Waals surface area contributed by atoms with Crippen molar-refractivity contribution in [3.63, 3.8) is 0 Å². The molecule has 0 unspecified atom stereocenters. The number of anilines is 1. The minimum atomic E-state index is -0.984. The molecule has 2 amide bonds. The Labute approximate surface area is 117 Å². The molecule has 1 aromatic carbocycles. The quantitative estimate of drug-likeness (QED) is 0.698. The van der Waals surface area contributed by atoms with E-state index in [1.165, 1.54) is 18.9 Å². The lowest BCUT2D eigenvalue weighted by Gasteiger charge is -2.07. The van der Waals surface area contributed by atoms with Crippen LogP contribution < -0.4 is 10.6 Å². The van der Waals surface area contributed by atoms with Gasteiger partial charge in [0.2, 0.25) is 0 Å². The summed E-state index contributed by atoms with van der Waals surface area (Å²) in [5, 5.41) is 14.1. The van der Waals surface area contributed by atoms with Crippen LogP contribution in [0.5, 0.6) is 0 Å². The molecule has 0 spiro atoms. The minimum Gasteiger partial charge on any atom is -0.478 e. The Kier molecular flexibility index (Phi) is 4.76. The number of hydrogen-bond acceptors (Lipinski definition) is 2. The van der Waals surface area contributed by atoms with E-state index in [4.69, 9.17) is 5.11 Å². The summed E-state index contributed by atoms with van der Waals surface area (Å²) in [5.74, 6) is -0.183. The Morgan fingerprint density at radius 2 is 1.95 bits per heavy atom. The number of carboxylic acids is 1. The van der Waals surface area contributed by atoms with E-state index in [9.17, 15) is 9.59 Å². The Morgan fingerprint density at radius 1 is 1.25 bits per heavy atom. The topological polar surface area (TPSA) is 78.4 Å². The molecule has 5 nitrogen and oxygen atoms in total. The normalized spacial score (nSPS) is 14.2. The monoisotopic (exact) mass is 274 g/mol. The van der Waals surface area contributed by atoms with Gasteiger partial charge in [-0.05, 0) is 36.1 Å². The first kappa shape index (κ1) is 14.1. The van der Waals surface area contributed by atoms with E-state index in [0.29, 0.717) is 12.2 Å². The summed E-state index contributed by atoms with van der Waals surface area (Å²) in [4.78, 5) is 22.0. The van der Waals surface area contributed by atoms with E-state index >= 15 is 0 Å². The van der Waals surface area contributed by atoms with Crippen molar-refractivity contribution in [2.24, 2.45) is 5.92 Å². The highest BCUT2D eigenvalue weighted by Gasteiger charge is 2.20. The van der Waals surface area contributed by atoms with Gasteiger partial charge in [0, 0.05) is 18.3 Å². The number of amides is 2. The Balaban J connectivity index is 1.76. The summed E-state index contributed by atoms with van der Waals surface area (Å²) in [5.41, 5.74) is 1.45. The molecular weight excluding hydrogens is 256 g/mol. The number of hydrogen-bond donors (Lipinski definition) is 3. The highest BCUT2D eigenvalue weighted by Crippen LogP contribution is 2.31. The fourth-order valence-corrected chi connectivity index (χ4v) is 1.82. The summed E-state index contributed by atoms with van der Waals surface area (Å²) in [7, 11) is 0. The molecule has 1 fully saturated rings. The first-order valence-electron chi connectivity index (χ1n) is 6.69. The SMILES string of the molecule is O=C(O)C=Cc1ccc(NC(=O)NCCC2CC2)cc1. The van der Waals surface area contributed by atoms with Gasteiger partial charge in [-0.25, -0.2) is 9.59 Å². The molecule has 1 aliphatic rings. The molecule has 0 atom stereocenters. The average Bonchev–Trinajstić information content (AvgIpc) is 3.22. The molecule has 20 heavy (non-hydrogen) atoms. The third-order valence-electron chi connectivity index (χ3n) is 3.12. The average molecular weight is 274 g/mol. The zero-order valence-corrected chi connectivity index (χ0v) is 11.1. The van der Waals surface area contributed by atoms with Crippen LogP contribution in [0.3, 0.4) is 0 Å². The van der Waals surface area contributed by atoms with Gasteiger partial charge in [-0.2, -0.15) is 0 Å². The first-order valence-corrected chi connectivity index (χ1v) is 6.69. The van der Waals surface area contributed by atoms with Crippen molar-refractivity contribution in [1.29, 1.82) is 0 Å². The molecular formula is C15H18N2O3. The Bertz CT molecular complexity index is 504. The van der Waals surface area contributed by atoms with Crippen LogP contribution in [0.2, 0.25) is 0 Å². The van der Waals surface area contributed by atoms with E-state index in [0.717, 1.165) is 24.0 Å². The number of benzene rings is 1. The molecule has 0 saturated heterocycles. The first-order chi connectivity index (χ1) is 9.63. The maximum absolute atomic E-state index is 11.6. The van der Waals surface area contributed by atoms with Crippen molar-refractivity contribution in [1.82, 2.24) is 5.32 Å². The highest BCUT2D eigenvalue weighted by atomic mass is 16.4. The van der Waals surface area contributed by atoms with Crippen molar-refractivity contribution >= 4 is 23.8 Å². The molecule has 0 aliphatic heterocycles. The Hall–Kier alpha value is -2.30. The van der Waals surface area contributed by atoms with Gasteiger partial charge < -0.3 is 15.7 Å². The second-order valence-electron chi connectivity index (χ2n) is 4.91. The van der Waals surface area contributed by atoms with Crippen molar-refractivity contribution < 1.29 is 14.7 Å². The zero-order valence-electron chi connectivity index (χ0n) is 11.1. The predicted molar refractivity (Wildman–Crippen MR) is 77.5 cm³/mol. The maximum Gasteiger partial charge on any atom is 0.328 e. The smallest absolute Gasteiger partial charge is 0.328 e. The maximum atomic E-state index is 11.6. The number of carbonyl (C=O) groups is 2. The molecule has 1 aliphatic carbocycles. The van der Waals surface area contributed by atoms with Gasteiger partial charge in [-0.15, -0.1) is 0 Å². The van der Waals surface area contributed by atoms with Gasteiger partial charge >= 0.3 is 12.0 Å². The number of rotatable bonds is 6. The predicted octanol–water partition coefficient (Wildman–Crippen LogP) is 2.71. The fourth-order valence-electron chi connectivity index (χ4n) is 1.82. The molecule has 1 aromatic rings. The van der Waals surface area contributed by atoms with Crippen molar-refractivity contribution in [3.05, 3.63) is 35.9 Å². The lowest BCUT2D eigenvalue weighted by atomic mass is 10.2. The van der Waals surface area contributed by atoms with E-state index in [1.807, 2.05) is 0 Å². The number of carbonyl (C=O) groups excluding carboxylic acids is 1. The molecule has 0 radical (unpaired) electrons. The van der Waals surface area contributed by atoms with E-state index in [-0.39, 0.29) is 6.03 Å². The molecule has 0 bridgehead atoms. The van der Waals surface area contributed by atoms with E-state index in [1.54, 1.807) is 24.3 Å². The number of carboxylic acid groups (broad SMARTS) is 1. The van der Waals surface area contributed by atoms with Crippen molar-refractivity contribution in [3.8, 4) is 0 Å². The highest BCUT2D eigenvalue weighted by molar-refractivity contribution is 5.89. The summed E-state index contributed by atoms with van der Waals surface area (Å²) in [6.07, 6.45) is 6.20. The summed E-state index contributed by atoms with van der Waals surface area (Å²) < 4.78 is 0. The van der Waals surface area contributed by atoms with Gasteiger partial charge in [0.05, 0.1) is 0 Å². The van der Waals surface area contributed by atoms with Crippen molar-refractivity contribution in [2.45, 2.75) is 19.3 Å². The van der Waals surface area contributed by atoms with Gasteiger partial charge in [0.25, 0.3) is 0 Å². The van der Waals surface area contributed by atoms with E-state index in [2.05, 4.69) is 10.6 Å². The molecule has 1 saturated carbocycles. The van der Waals surface area contributed by atoms with Crippen LogP contribution >= 0.6 is 0 Å². The van der Waals surface area contributed by atoms with Crippen molar-refractivity contribution in [2.75, 3.05) is 11.9 Å². The largest absolute Gasteiger partial charge is 0.478 e. The number of nitrogens with one attached hydrogen (secondary N) is 2. The van der Waals surface area contributed by atoms with Gasteiger partial charge in [-0.3, -0.25) is 0 Å². The minimum absolute atomic E-state index is 0.209. The summed E-state index contributed by atoms with van der Waals surface area (Å²) in [6.45, 7) is 0.704. The second kappa shape index (κ2) is 6.75. The van der Waals surface area contributed by atoms with Crippen LogP contribution in [0, 0.1) is 5.92 Å². The number of aliphatic carboxylic acids is 1. The molecule has 3 N–H and O–H groups in total. The second-order valence-corrected chi connectivity index (χ2v) is 4.91. The third kappa shape index (κ3) is 5.14. The summed E-state index contributed by atoms with van der Waals surface area (Å²) >= 11 is 0. The van der Waals surface area contributed by atoms with Gasteiger partial charge in [-0.1, -0.05) is 25.0 Å². The molecule has 106 valence electrons. The van der Waals surface area contributed by atoms with Crippen LogP contribution in [-0.2, 0) is 4.79 Å². The lowest BCUT2D eigenvalue weighted by molar-refractivity contribution is -0.131. The van der Waals surface area contributed by atoms with Crippen LogP contribution in [-0.4, -0.2) is 23.7 Å². The van der Waals surface area contributed by atoms with Crippen LogP contribution in [0.4, 0.5) is 10.5 Å². The molecule has 2 rings (SSSR count). The van der Waals surface area contributed by atoms with Gasteiger partial charge in [0.15, 0.2) is 0 Å². The van der Waals surface area contributed by atoms with Gasteiger partial charge in [0.1, 0.15) is 0 Å². The number of urea groups is 1. The lowest BCUT2D eigenvalue weighted by Crippen LogP contribution is -2.29. The third-order valence-corrected chi connectivity index (χ3v) is 3.12. The molecule has 0 heterocycles. The standard InChI is InChI=1S/C15H18N2O3/c18-14(19)8-5-11-3-6-13(7-4-11)17-15(20)16-10-9-12-1-2-12/h3-8,12H,1-2,9-10H2,(H,18,19)(H2,16,17,20). The van der Waals surface area contributed by atoms with Crippen LogP contribution in [0.1, 0.15) is 24.8 Å². The summed E-state index contributed by atoms with van der Waals surface area (Å²) in [6, 6.07) is 6.77. The van der Waals surface area contributed by atoms with E-state index < -0.39 is 5.97 Å². The Morgan fingerprint density at radius 3 is 2.55 bits per heavy atom. The zero-order chi connectivity index (χ0) is 14.4. The fraction of sp³-hybridized carbons (Fsp3) is 0.333.